The number of hydrogen-bond acceptors (Lipinski definition) is 3. The van der Waals surface area contributed by atoms with E-state index in [-0.39, 0.29) is 12.3 Å². The standard InChI is InChI=1S/C12H19Cl3O3/c1-11(8-12(13,14)15,18-10(16)17-2)9-6-4-3-5-7-9/h9H,3-8H2,1-2H3. The van der Waals surface area contributed by atoms with E-state index in [4.69, 9.17) is 39.5 Å². The number of rotatable bonds is 3. The second-order valence-electron chi connectivity index (χ2n) is 5.00. The van der Waals surface area contributed by atoms with Crippen molar-refractivity contribution in [2.75, 3.05) is 7.11 Å². The third kappa shape index (κ3) is 5.02. The SMILES string of the molecule is COC(=O)OC(C)(CC(Cl)(Cl)Cl)C1CCCCC1. The fraction of sp³-hybridized carbons (Fsp3) is 0.917. The molecule has 1 atom stereocenters. The molecule has 0 N–H and O–H groups in total. The van der Waals surface area contributed by atoms with Crippen LogP contribution in [0.1, 0.15) is 45.4 Å². The lowest BCUT2D eigenvalue weighted by Gasteiger charge is -2.40. The van der Waals surface area contributed by atoms with Crippen LogP contribution in [0.5, 0.6) is 0 Å². The van der Waals surface area contributed by atoms with Crippen LogP contribution in [0.25, 0.3) is 0 Å². The first-order chi connectivity index (χ1) is 8.27. The van der Waals surface area contributed by atoms with Crippen molar-refractivity contribution in [1.82, 2.24) is 0 Å². The fourth-order valence-corrected chi connectivity index (χ4v) is 3.40. The van der Waals surface area contributed by atoms with Gasteiger partial charge in [-0.2, -0.15) is 0 Å². The minimum Gasteiger partial charge on any atom is -0.438 e. The van der Waals surface area contributed by atoms with E-state index in [1.54, 1.807) is 0 Å². The highest BCUT2D eigenvalue weighted by molar-refractivity contribution is 6.67. The van der Waals surface area contributed by atoms with Gasteiger partial charge in [-0.05, 0) is 25.7 Å². The zero-order valence-electron chi connectivity index (χ0n) is 10.7. The van der Waals surface area contributed by atoms with E-state index in [1.165, 1.54) is 13.5 Å². The van der Waals surface area contributed by atoms with Crippen molar-refractivity contribution >= 4 is 41.0 Å². The molecule has 18 heavy (non-hydrogen) atoms. The topological polar surface area (TPSA) is 35.5 Å². The highest BCUT2D eigenvalue weighted by Crippen LogP contribution is 2.44. The molecule has 0 amide bonds. The summed E-state index contributed by atoms with van der Waals surface area (Å²) >= 11 is 17.6. The van der Waals surface area contributed by atoms with Crippen molar-refractivity contribution in [3.63, 3.8) is 0 Å². The Morgan fingerprint density at radius 1 is 1.22 bits per heavy atom. The van der Waals surface area contributed by atoms with Gasteiger partial charge in [0.15, 0.2) is 3.79 Å². The van der Waals surface area contributed by atoms with E-state index >= 15 is 0 Å². The number of ether oxygens (including phenoxy) is 2. The van der Waals surface area contributed by atoms with Gasteiger partial charge >= 0.3 is 6.16 Å². The van der Waals surface area contributed by atoms with Gasteiger partial charge in [-0.1, -0.05) is 54.1 Å². The van der Waals surface area contributed by atoms with Gasteiger partial charge in [-0.15, -0.1) is 0 Å². The quantitative estimate of drug-likeness (QED) is 0.550. The number of carbonyl (C=O) groups is 1. The Morgan fingerprint density at radius 3 is 2.22 bits per heavy atom. The van der Waals surface area contributed by atoms with Crippen LogP contribution in [0, 0.1) is 5.92 Å². The Bertz CT molecular complexity index is 285. The molecule has 6 heteroatoms. The zero-order valence-corrected chi connectivity index (χ0v) is 12.9. The average Bonchev–Trinajstić information content (AvgIpc) is 2.27. The van der Waals surface area contributed by atoms with Gasteiger partial charge in [0, 0.05) is 6.42 Å². The molecule has 0 aromatic carbocycles. The fourth-order valence-electron chi connectivity index (χ4n) is 2.61. The van der Waals surface area contributed by atoms with Gasteiger partial charge < -0.3 is 9.47 Å². The van der Waals surface area contributed by atoms with E-state index in [9.17, 15) is 4.79 Å². The lowest BCUT2D eigenvalue weighted by atomic mass is 9.76. The maximum Gasteiger partial charge on any atom is 0.508 e. The summed E-state index contributed by atoms with van der Waals surface area (Å²) < 4.78 is 8.50. The minimum atomic E-state index is -1.44. The Kier molecular flexibility index (Phi) is 5.88. The maximum atomic E-state index is 11.4. The summed E-state index contributed by atoms with van der Waals surface area (Å²) in [6.07, 6.45) is 4.85. The molecule has 1 fully saturated rings. The van der Waals surface area contributed by atoms with Crippen LogP contribution < -0.4 is 0 Å². The molecule has 0 saturated heterocycles. The molecule has 0 radical (unpaired) electrons. The van der Waals surface area contributed by atoms with E-state index < -0.39 is 15.5 Å². The van der Waals surface area contributed by atoms with E-state index in [2.05, 4.69) is 4.74 Å². The second-order valence-corrected chi connectivity index (χ2v) is 7.51. The number of halogens is 3. The van der Waals surface area contributed by atoms with E-state index in [1.807, 2.05) is 6.92 Å². The lowest BCUT2D eigenvalue weighted by Crippen LogP contribution is -2.43. The molecule has 0 aliphatic heterocycles. The van der Waals surface area contributed by atoms with Crippen LogP contribution in [-0.4, -0.2) is 22.7 Å². The highest BCUT2D eigenvalue weighted by Gasteiger charge is 2.44. The molecule has 3 nitrogen and oxygen atoms in total. The van der Waals surface area contributed by atoms with Crippen molar-refractivity contribution in [2.45, 2.75) is 54.8 Å². The Balaban J connectivity index is 2.80. The molecule has 1 rings (SSSR count). The van der Waals surface area contributed by atoms with Gasteiger partial charge in [-0.25, -0.2) is 4.79 Å². The monoisotopic (exact) mass is 316 g/mol. The van der Waals surface area contributed by atoms with Gasteiger partial charge in [0.25, 0.3) is 0 Å². The summed E-state index contributed by atoms with van der Waals surface area (Å²) in [4.78, 5) is 11.4. The first kappa shape index (κ1) is 16.2. The molecular weight excluding hydrogens is 298 g/mol. The van der Waals surface area contributed by atoms with Gasteiger partial charge in [0.2, 0.25) is 0 Å². The van der Waals surface area contributed by atoms with E-state index in [0.29, 0.717) is 0 Å². The smallest absolute Gasteiger partial charge is 0.438 e. The maximum absolute atomic E-state index is 11.4. The summed E-state index contributed by atoms with van der Waals surface area (Å²) in [6, 6.07) is 0. The number of carbonyl (C=O) groups excluding carboxylic acids is 1. The summed E-state index contributed by atoms with van der Waals surface area (Å²) in [5.41, 5.74) is -0.793. The minimum absolute atomic E-state index is 0.171. The van der Waals surface area contributed by atoms with Crippen LogP contribution in [-0.2, 0) is 9.47 Å². The average molecular weight is 318 g/mol. The first-order valence-corrected chi connectivity index (χ1v) is 7.24. The lowest BCUT2D eigenvalue weighted by molar-refractivity contribution is -0.0649. The molecular formula is C12H19Cl3O3. The molecule has 1 unspecified atom stereocenters. The molecule has 106 valence electrons. The summed E-state index contributed by atoms with van der Waals surface area (Å²) in [7, 11) is 1.28. The largest absolute Gasteiger partial charge is 0.508 e. The number of alkyl halides is 3. The Labute approximate surface area is 123 Å². The normalized spacial score (nSPS) is 21.2. The molecule has 1 saturated carbocycles. The van der Waals surface area contributed by atoms with Crippen molar-refractivity contribution in [3.05, 3.63) is 0 Å². The van der Waals surface area contributed by atoms with Gasteiger partial charge in [0.1, 0.15) is 5.60 Å². The van der Waals surface area contributed by atoms with E-state index in [0.717, 1.165) is 25.7 Å². The molecule has 0 heterocycles. The summed E-state index contributed by atoms with van der Waals surface area (Å²) in [5.74, 6) is 0.209. The van der Waals surface area contributed by atoms with Crippen molar-refractivity contribution in [3.8, 4) is 0 Å². The molecule has 0 spiro atoms. The third-order valence-electron chi connectivity index (χ3n) is 3.50. The van der Waals surface area contributed by atoms with Crippen LogP contribution in [0.2, 0.25) is 0 Å². The third-order valence-corrected chi connectivity index (χ3v) is 3.90. The molecule has 0 aromatic heterocycles. The first-order valence-electron chi connectivity index (χ1n) is 6.10. The Morgan fingerprint density at radius 2 is 1.78 bits per heavy atom. The highest BCUT2D eigenvalue weighted by atomic mass is 35.6. The number of hydrogen-bond donors (Lipinski definition) is 0. The molecule has 0 bridgehead atoms. The van der Waals surface area contributed by atoms with Crippen LogP contribution in [0.4, 0.5) is 4.79 Å². The van der Waals surface area contributed by atoms with Gasteiger partial charge in [-0.3, -0.25) is 0 Å². The molecule has 1 aliphatic rings. The zero-order chi connectivity index (χ0) is 13.8. The number of methoxy groups -OCH3 is 1. The molecule has 0 aromatic rings. The van der Waals surface area contributed by atoms with Crippen LogP contribution in [0.15, 0.2) is 0 Å². The molecule has 1 aliphatic carbocycles. The predicted molar refractivity (Wildman–Crippen MR) is 73.4 cm³/mol. The Hall–Kier alpha value is 0.140. The van der Waals surface area contributed by atoms with Gasteiger partial charge in [0.05, 0.1) is 7.11 Å². The van der Waals surface area contributed by atoms with Crippen molar-refractivity contribution in [2.24, 2.45) is 5.92 Å². The summed E-state index contributed by atoms with van der Waals surface area (Å²) in [6.45, 7) is 1.82. The van der Waals surface area contributed by atoms with Crippen LogP contribution in [0.3, 0.4) is 0 Å². The summed E-state index contributed by atoms with van der Waals surface area (Å²) in [5, 5.41) is 0. The second kappa shape index (κ2) is 6.53. The van der Waals surface area contributed by atoms with Crippen molar-refractivity contribution < 1.29 is 14.3 Å². The van der Waals surface area contributed by atoms with Crippen molar-refractivity contribution in [1.29, 1.82) is 0 Å². The predicted octanol–water partition coefficient (Wildman–Crippen LogP) is 4.87. The van der Waals surface area contributed by atoms with Crippen LogP contribution >= 0.6 is 34.8 Å².